The monoisotopic (exact) mass is 387 g/mol. The lowest BCUT2D eigenvalue weighted by molar-refractivity contribution is 0.422. The number of nitrogens with zero attached hydrogens (tertiary/aromatic N) is 3. The Kier molecular flexibility index (Phi) is 5.33. The first kappa shape index (κ1) is 17.5. The largest absolute Gasteiger partial charge is 0.336 e. The van der Waals surface area contributed by atoms with Crippen molar-refractivity contribution in [2.24, 2.45) is 0 Å². The molecule has 0 saturated heterocycles. The van der Waals surface area contributed by atoms with Gasteiger partial charge in [0, 0.05) is 16.3 Å². The van der Waals surface area contributed by atoms with Crippen molar-refractivity contribution in [2.45, 2.75) is 47.0 Å². The van der Waals surface area contributed by atoms with Crippen molar-refractivity contribution < 1.29 is 8.42 Å². The van der Waals surface area contributed by atoms with Crippen LogP contribution in [0.1, 0.15) is 25.7 Å². The number of aromatic nitrogens is 3. The molecule has 0 amide bonds. The van der Waals surface area contributed by atoms with Gasteiger partial charge in [0.2, 0.25) is 15.2 Å². The molecule has 2 unspecified atom stereocenters. The number of sulfonamides is 1. The van der Waals surface area contributed by atoms with Gasteiger partial charge in [0.05, 0.1) is 4.90 Å². The topological polar surface area (TPSA) is 103 Å². The highest BCUT2D eigenvalue weighted by atomic mass is 35.5. The first-order valence-electron chi connectivity index (χ1n) is 7.55. The number of nitrogens with two attached hydrogens (primary N) is 1. The molecule has 24 heavy (non-hydrogen) atoms. The smallest absolute Gasteiger partial charge is 0.240 e. The van der Waals surface area contributed by atoms with E-state index >= 15 is 0 Å². The number of nitrogen functional groups attached to an aromatic ring is 1. The van der Waals surface area contributed by atoms with Crippen LogP contribution in [-0.2, 0) is 10.0 Å². The lowest BCUT2D eigenvalue weighted by Crippen LogP contribution is -2.43. The number of rotatable bonds is 5. The summed E-state index contributed by atoms with van der Waals surface area (Å²) in [7, 11) is -3.59. The van der Waals surface area contributed by atoms with Gasteiger partial charge >= 0.3 is 0 Å². The van der Waals surface area contributed by atoms with Gasteiger partial charge in [0.1, 0.15) is 6.33 Å². The Labute approximate surface area is 150 Å². The first-order valence-corrected chi connectivity index (χ1v) is 10.3. The molecule has 1 fully saturated rings. The van der Waals surface area contributed by atoms with E-state index in [9.17, 15) is 8.42 Å². The van der Waals surface area contributed by atoms with Crippen LogP contribution in [0.15, 0.2) is 40.6 Å². The summed E-state index contributed by atoms with van der Waals surface area (Å²) in [6, 6.07) is 5.97. The van der Waals surface area contributed by atoms with Crippen LogP contribution in [0.2, 0.25) is 5.02 Å². The number of hydrogen-bond donors (Lipinski definition) is 2. The minimum atomic E-state index is -3.59. The molecule has 1 aliphatic rings. The fraction of sp³-hybridized carbons (Fsp3) is 0.429. The summed E-state index contributed by atoms with van der Waals surface area (Å²) >= 11 is 7.29. The maximum atomic E-state index is 12.6. The Morgan fingerprint density at radius 1 is 1.25 bits per heavy atom. The SMILES string of the molecule is Nn1cnnc1SC1CCCCC1NS(=O)(=O)c1ccc(Cl)cc1. The number of thioether (sulfide) groups is 1. The highest BCUT2D eigenvalue weighted by Gasteiger charge is 2.31. The molecule has 3 N–H and O–H groups in total. The molecule has 0 aliphatic heterocycles. The maximum Gasteiger partial charge on any atom is 0.240 e. The molecule has 10 heteroatoms. The third-order valence-corrected chi connectivity index (χ3v) is 7.06. The van der Waals surface area contributed by atoms with Crippen molar-refractivity contribution in [2.75, 3.05) is 5.84 Å². The van der Waals surface area contributed by atoms with Gasteiger partial charge in [-0.1, -0.05) is 36.2 Å². The molecule has 1 heterocycles. The second-order valence-corrected chi connectivity index (χ2v) is 9.00. The third kappa shape index (κ3) is 4.02. The molecule has 1 saturated carbocycles. The second-order valence-electron chi connectivity index (χ2n) is 5.64. The van der Waals surface area contributed by atoms with Gasteiger partial charge in [0.25, 0.3) is 0 Å². The van der Waals surface area contributed by atoms with Crippen molar-refractivity contribution in [3.05, 3.63) is 35.6 Å². The van der Waals surface area contributed by atoms with Gasteiger partial charge < -0.3 is 5.84 Å². The third-order valence-electron chi connectivity index (χ3n) is 3.93. The van der Waals surface area contributed by atoms with Crippen molar-refractivity contribution in [3.8, 4) is 0 Å². The van der Waals surface area contributed by atoms with Crippen LogP contribution in [0.5, 0.6) is 0 Å². The molecule has 0 spiro atoms. The maximum absolute atomic E-state index is 12.6. The van der Waals surface area contributed by atoms with E-state index < -0.39 is 10.0 Å². The summed E-state index contributed by atoms with van der Waals surface area (Å²) in [6.45, 7) is 0. The zero-order valence-electron chi connectivity index (χ0n) is 12.8. The van der Waals surface area contributed by atoms with Crippen LogP contribution in [0.4, 0.5) is 0 Å². The van der Waals surface area contributed by atoms with E-state index in [2.05, 4.69) is 14.9 Å². The number of benzene rings is 1. The Bertz CT molecular complexity index is 794. The first-order chi connectivity index (χ1) is 11.5. The van der Waals surface area contributed by atoms with E-state index in [0.29, 0.717) is 10.2 Å². The Balaban J connectivity index is 1.75. The summed E-state index contributed by atoms with van der Waals surface area (Å²) in [5.41, 5.74) is 0. The summed E-state index contributed by atoms with van der Waals surface area (Å²) < 4.78 is 29.4. The molecule has 1 aromatic heterocycles. The van der Waals surface area contributed by atoms with E-state index in [1.54, 1.807) is 12.1 Å². The van der Waals surface area contributed by atoms with E-state index in [0.717, 1.165) is 25.7 Å². The van der Waals surface area contributed by atoms with Crippen LogP contribution < -0.4 is 10.6 Å². The predicted molar refractivity (Wildman–Crippen MR) is 93.8 cm³/mol. The number of hydrogen-bond acceptors (Lipinski definition) is 6. The molecule has 3 rings (SSSR count). The molecular weight excluding hydrogens is 370 g/mol. The summed E-state index contributed by atoms with van der Waals surface area (Å²) in [5.74, 6) is 5.76. The van der Waals surface area contributed by atoms with Gasteiger partial charge in [0.15, 0.2) is 0 Å². The molecule has 2 atom stereocenters. The summed E-state index contributed by atoms with van der Waals surface area (Å²) in [6.07, 6.45) is 5.14. The molecule has 130 valence electrons. The van der Waals surface area contributed by atoms with Gasteiger partial charge in [-0.3, -0.25) is 0 Å². The minimum Gasteiger partial charge on any atom is -0.336 e. The van der Waals surface area contributed by atoms with Crippen molar-refractivity contribution in [1.29, 1.82) is 0 Å². The molecule has 0 bridgehead atoms. The zero-order chi connectivity index (χ0) is 17.2. The Hall–Kier alpha value is -1.29. The lowest BCUT2D eigenvalue weighted by Gasteiger charge is -2.31. The highest BCUT2D eigenvalue weighted by Crippen LogP contribution is 2.33. The number of halogens is 1. The predicted octanol–water partition coefficient (Wildman–Crippen LogP) is 2.03. The van der Waals surface area contributed by atoms with Crippen molar-refractivity contribution in [1.82, 2.24) is 19.6 Å². The summed E-state index contributed by atoms with van der Waals surface area (Å²) in [4.78, 5) is 0.211. The van der Waals surface area contributed by atoms with Crippen LogP contribution >= 0.6 is 23.4 Å². The fourth-order valence-electron chi connectivity index (χ4n) is 2.71. The fourth-order valence-corrected chi connectivity index (χ4v) is 5.42. The molecule has 1 aliphatic carbocycles. The van der Waals surface area contributed by atoms with Gasteiger partial charge in [-0.2, -0.15) is 0 Å². The van der Waals surface area contributed by atoms with Crippen LogP contribution in [-0.4, -0.2) is 34.6 Å². The van der Waals surface area contributed by atoms with E-state index in [1.165, 1.54) is 34.9 Å². The average Bonchev–Trinajstić information content (AvgIpc) is 2.94. The van der Waals surface area contributed by atoms with Crippen LogP contribution in [0.3, 0.4) is 0 Å². The molecule has 7 nitrogen and oxygen atoms in total. The van der Waals surface area contributed by atoms with Crippen LogP contribution in [0.25, 0.3) is 0 Å². The molecule has 2 aromatic rings. The summed E-state index contributed by atoms with van der Waals surface area (Å²) in [5, 5.41) is 8.87. The second kappa shape index (κ2) is 7.30. The van der Waals surface area contributed by atoms with Crippen LogP contribution in [0, 0.1) is 0 Å². The molecule has 1 aromatic carbocycles. The van der Waals surface area contributed by atoms with Gasteiger partial charge in [-0.25, -0.2) is 17.8 Å². The average molecular weight is 388 g/mol. The Morgan fingerprint density at radius 3 is 2.62 bits per heavy atom. The Morgan fingerprint density at radius 2 is 1.96 bits per heavy atom. The number of nitrogens with one attached hydrogen (secondary N) is 1. The lowest BCUT2D eigenvalue weighted by atomic mass is 9.96. The van der Waals surface area contributed by atoms with Gasteiger partial charge in [-0.05, 0) is 37.1 Å². The van der Waals surface area contributed by atoms with E-state index in [4.69, 9.17) is 17.4 Å². The highest BCUT2D eigenvalue weighted by molar-refractivity contribution is 7.99. The zero-order valence-corrected chi connectivity index (χ0v) is 15.2. The van der Waals surface area contributed by atoms with E-state index in [-0.39, 0.29) is 16.2 Å². The minimum absolute atomic E-state index is 0.0623. The van der Waals surface area contributed by atoms with Crippen molar-refractivity contribution >= 4 is 33.4 Å². The van der Waals surface area contributed by atoms with Crippen molar-refractivity contribution in [3.63, 3.8) is 0 Å². The molecule has 0 radical (unpaired) electrons. The standard InChI is InChI=1S/C14H18ClN5O2S2/c15-10-5-7-11(8-6-10)24(21,22)19-12-3-1-2-4-13(12)23-14-18-17-9-20(14)16/h5-9,12-13,19H,1-4,16H2. The van der Waals surface area contributed by atoms with Gasteiger partial charge in [-0.15, -0.1) is 10.2 Å². The molecular formula is C14H18ClN5O2S2. The van der Waals surface area contributed by atoms with E-state index in [1.807, 2.05) is 0 Å². The normalized spacial score (nSPS) is 21.7. The quantitative estimate of drug-likeness (QED) is 0.761.